The SMILES string of the molecule is COCCc1nc2c(N)nc3ccccc3c2n1CCCCCCCCN. The van der Waals surface area contributed by atoms with Crippen LogP contribution in [-0.2, 0) is 17.7 Å². The van der Waals surface area contributed by atoms with E-state index in [4.69, 9.17) is 21.2 Å². The molecule has 0 aliphatic carbocycles. The zero-order valence-corrected chi connectivity index (χ0v) is 16.3. The summed E-state index contributed by atoms with van der Waals surface area (Å²) in [6.45, 7) is 2.39. The first-order valence-corrected chi connectivity index (χ1v) is 9.98. The van der Waals surface area contributed by atoms with Gasteiger partial charge in [0.25, 0.3) is 0 Å². The molecule has 2 aromatic heterocycles. The van der Waals surface area contributed by atoms with Gasteiger partial charge in [0.2, 0.25) is 0 Å². The van der Waals surface area contributed by atoms with Crippen molar-refractivity contribution in [3.05, 3.63) is 30.1 Å². The smallest absolute Gasteiger partial charge is 0.152 e. The second kappa shape index (κ2) is 9.67. The fraction of sp³-hybridized carbons (Fsp3) is 0.524. The van der Waals surface area contributed by atoms with Crippen molar-refractivity contribution in [1.29, 1.82) is 0 Å². The van der Waals surface area contributed by atoms with Gasteiger partial charge in [-0.3, -0.25) is 0 Å². The molecule has 1 aromatic carbocycles. The molecular formula is C21H31N5O. The maximum atomic E-state index is 6.23. The van der Waals surface area contributed by atoms with Crippen LogP contribution >= 0.6 is 0 Å². The van der Waals surface area contributed by atoms with Gasteiger partial charge in [0.15, 0.2) is 5.82 Å². The van der Waals surface area contributed by atoms with Crippen LogP contribution in [0.15, 0.2) is 24.3 Å². The molecule has 0 saturated heterocycles. The molecule has 0 spiro atoms. The molecule has 0 radical (unpaired) electrons. The normalized spacial score (nSPS) is 11.6. The summed E-state index contributed by atoms with van der Waals surface area (Å²) in [5, 5.41) is 1.11. The largest absolute Gasteiger partial charge is 0.384 e. The molecule has 0 unspecified atom stereocenters. The quantitative estimate of drug-likeness (QED) is 0.503. The van der Waals surface area contributed by atoms with Gasteiger partial charge in [-0.1, -0.05) is 43.9 Å². The van der Waals surface area contributed by atoms with E-state index in [1.807, 2.05) is 18.2 Å². The van der Waals surface area contributed by atoms with Crippen molar-refractivity contribution in [2.45, 2.75) is 51.5 Å². The molecule has 0 fully saturated rings. The molecule has 3 aromatic rings. The lowest BCUT2D eigenvalue weighted by atomic mass is 10.1. The van der Waals surface area contributed by atoms with Crippen molar-refractivity contribution in [2.75, 3.05) is 26.0 Å². The number of hydrogen-bond donors (Lipinski definition) is 2. The third kappa shape index (κ3) is 4.57. The van der Waals surface area contributed by atoms with Crippen molar-refractivity contribution in [2.24, 2.45) is 5.73 Å². The molecule has 0 atom stereocenters. The number of fused-ring (bicyclic) bond motifs is 3. The van der Waals surface area contributed by atoms with Gasteiger partial charge >= 0.3 is 0 Å². The number of nitrogens with zero attached hydrogens (tertiary/aromatic N) is 3. The number of rotatable bonds is 11. The minimum Gasteiger partial charge on any atom is -0.384 e. The van der Waals surface area contributed by atoms with E-state index in [1.54, 1.807) is 7.11 Å². The molecule has 146 valence electrons. The predicted octanol–water partition coefficient (Wildman–Crippen LogP) is 3.65. The summed E-state index contributed by atoms with van der Waals surface area (Å²) in [4.78, 5) is 9.36. The summed E-state index contributed by atoms with van der Waals surface area (Å²) in [6, 6.07) is 8.15. The van der Waals surface area contributed by atoms with Gasteiger partial charge in [-0.2, -0.15) is 0 Å². The number of anilines is 1. The average molecular weight is 370 g/mol. The van der Waals surface area contributed by atoms with E-state index in [1.165, 1.54) is 25.7 Å². The molecule has 27 heavy (non-hydrogen) atoms. The number of hydrogen-bond acceptors (Lipinski definition) is 5. The zero-order valence-electron chi connectivity index (χ0n) is 16.3. The molecular weight excluding hydrogens is 338 g/mol. The molecule has 0 aliphatic heterocycles. The average Bonchev–Trinajstić information content (AvgIpc) is 3.05. The van der Waals surface area contributed by atoms with Crippen molar-refractivity contribution in [3.63, 3.8) is 0 Å². The minimum atomic E-state index is 0.503. The number of ether oxygens (including phenoxy) is 1. The van der Waals surface area contributed by atoms with Gasteiger partial charge in [0.1, 0.15) is 11.3 Å². The van der Waals surface area contributed by atoms with Gasteiger partial charge < -0.3 is 20.8 Å². The highest BCUT2D eigenvalue weighted by atomic mass is 16.5. The Balaban J connectivity index is 1.86. The van der Waals surface area contributed by atoms with Crippen LogP contribution in [-0.4, -0.2) is 34.8 Å². The number of para-hydroxylation sites is 1. The molecule has 3 rings (SSSR count). The Labute approximate surface area is 160 Å². The second-order valence-corrected chi connectivity index (χ2v) is 7.04. The Hall–Kier alpha value is -2.18. The topological polar surface area (TPSA) is 92.0 Å². The van der Waals surface area contributed by atoms with Crippen LogP contribution in [0.1, 0.15) is 44.3 Å². The highest BCUT2D eigenvalue weighted by Crippen LogP contribution is 2.29. The fourth-order valence-corrected chi connectivity index (χ4v) is 3.65. The van der Waals surface area contributed by atoms with Gasteiger partial charge in [-0.15, -0.1) is 0 Å². The summed E-state index contributed by atoms with van der Waals surface area (Å²) in [7, 11) is 1.72. The van der Waals surface area contributed by atoms with Gasteiger partial charge in [0, 0.05) is 25.5 Å². The van der Waals surface area contributed by atoms with Crippen molar-refractivity contribution in [1.82, 2.24) is 14.5 Å². The zero-order chi connectivity index (χ0) is 19.1. The standard InChI is InChI=1S/C21H31N5O/c1-27-15-12-18-25-19-20(16-10-6-7-11-17(16)24-21(19)23)26(18)14-9-5-3-2-4-8-13-22/h6-7,10-11H,2-5,8-9,12-15,22H2,1H3,(H2,23,24). The Kier molecular flexibility index (Phi) is 7.01. The summed E-state index contributed by atoms with van der Waals surface area (Å²) in [5.74, 6) is 1.53. The first-order valence-electron chi connectivity index (χ1n) is 9.98. The summed E-state index contributed by atoms with van der Waals surface area (Å²) in [5.41, 5.74) is 14.6. The number of pyridine rings is 1. The number of unbranched alkanes of at least 4 members (excludes halogenated alkanes) is 5. The Bertz CT molecular complexity index is 874. The number of nitrogens with two attached hydrogens (primary N) is 2. The molecule has 0 amide bonds. The van der Waals surface area contributed by atoms with Crippen LogP contribution < -0.4 is 11.5 Å². The molecule has 6 nitrogen and oxygen atoms in total. The maximum Gasteiger partial charge on any atom is 0.152 e. The van der Waals surface area contributed by atoms with E-state index in [0.29, 0.717) is 12.4 Å². The molecule has 0 aliphatic rings. The van der Waals surface area contributed by atoms with E-state index in [0.717, 1.165) is 60.1 Å². The van der Waals surface area contributed by atoms with E-state index in [9.17, 15) is 0 Å². The number of aryl methyl sites for hydroxylation is 1. The minimum absolute atomic E-state index is 0.503. The monoisotopic (exact) mass is 369 g/mol. The number of benzene rings is 1. The Morgan fingerprint density at radius 1 is 1.00 bits per heavy atom. The van der Waals surface area contributed by atoms with Crippen molar-refractivity contribution in [3.8, 4) is 0 Å². The van der Waals surface area contributed by atoms with Crippen LogP contribution in [0.3, 0.4) is 0 Å². The summed E-state index contributed by atoms with van der Waals surface area (Å²) < 4.78 is 7.61. The fourth-order valence-electron chi connectivity index (χ4n) is 3.65. The molecule has 4 N–H and O–H groups in total. The summed E-state index contributed by atoms with van der Waals surface area (Å²) in [6.07, 6.45) is 8.00. The highest BCUT2D eigenvalue weighted by Gasteiger charge is 2.16. The number of nitrogen functional groups attached to an aromatic ring is 1. The van der Waals surface area contributed by atoms with Crippen molar-refractivity contribution < 1.29 is 4.74 Å². The van der Waals surface area contributed by atoms with Crippen molar-refractivity contribution >= 4 is 27.8 Å². The lowest BCUT2D eigenvalue weighted by Crippen LogP contribution is -2.07. The Morgan fingerprint density at radius 3 is 2.52 bits per heavy atom. The number of methoxy groups -OCH3 is 1. The lowest BCUT2D eigenvalue weighted by Gasteiger charge is -2.11. The third-order valence-electron chi connectivity index (χ3n) is 5.05. The number of aromatic nitrogens is 3. The van der Waals surface area contributed by atoms with Crippen LogP contribution in [0.4, 0.5) is 5.82 Å². The van der Waals surface area contributed by atoms with E-state index < -0.39 is 0 Å². The van der Waals surface area contributed by atoms with E-state index in [-0.39, 0.29) is 0 Å². The van der Waals surface area contributed by atoms with Crippen LogP contribution in [0.2, 0.25) is 0 Å². The maximum absolute atomic E-state index is 6.23. The Morgan fingerprint density at radius 2 is 1.74 bits per heavy atom. The highest BCUT2D eigenvalue weighted by molar-refractivity contribution is 6.06. The van der Waals surface area contributed by atoms with Crippen LogP contribution in [0.5, 0.6) is 0 Å². The van der Waals surface area contributed by atoms with Gasteiger partial charge in [-0.25, -0.2) is 9.97 Å². The van der Waals surface area contributed by atoms with Gasteiger partial charge in [-0.05, 0) is 25.5 Å². The van der Waals surface area contributed by atoms with E-state index in [2.05, 4.69) is 15.6 Å². The van der Waals surface area contributed by atoms with Crippen LogP contribution in [0, 0.1) is 0 Å². The van der Waals surface area contributed by atoms with Crippen LogP contribution in [0.25, 0.3) is 21.9 Å². The number of imidazole rings is 1. The second-order valence-electron chi connectivity index (χ2n) is 7.04. The molecule has 6 heteroatoms. The first kappa shape index (κ1) is 19.6. The third-order valence-corrected chi connectivity index (χ3v) is 5.05. The summed E-state index contributed by atoms with van der Waals surface area (Å²) >= 11 is 0. The van der Waals surface area contributed by atoms with Gasteiger partial charge in [0.05, 0.1) is 17.6 Å². The predicted molar refractivity (Wildman–Crippen MR) is 112 cm³/mol. The lowest BCUT2D eigenvalue weighted by molar-refractivity contribution is 0.199. The molecule has 2 heterocycles. The molecule has 0 bridgehead atoms. The first-order chi connectivity index (χ1) is 13.3. The molecule has 0 saturated carbocycles. The van der Waals surface area contributed by atoms with E-state index >= 15 is 0 Å².